The number of hydrogen-bond acceptors (Lipinski definition) is 2. The van der Waals surface area contributed by atoms with Crippen molar-refractivity contribution in [2.45, 2.75) is 46.0 Å². The highest BCUT2D eigenvalue weighted by atomic mass is 32.2. The van der Waals surface area contributed by atoms with Crippen LogP contribution in [0.2, 0.25) is 0 Å². The van der Waals surface area contributed by atoms with Crippen LogP contribution in [0.5, 0.6) is 0 Å². The van der Waals surface area contributed by atoms with Crippen LogP contribution < -0.4 is 5.32 Å². The molecule has 0 spiro atoms. The third-order valence-corrected chi connectivity index (χ3v) is 6.21. The number of anilines is 1. The smallest absolute Gasteiger partial charge is 0.146 e. The fourth-order valence-corrected chi connectivity index (χ4v) is 4.42. The maximum atomic E-state index is 13.9. The minimum atomic E-state index is -0.168. The lowest BCUT2D eigenvalue weighted by molar-refractivity contribution is 0.628. The zero-order chi connectivity index (χ0) is 18.5. The Morgan fingerprint density at radius 1 is 1.15 bits per heavy atom. The van der Waals surface area contributed by atoms with Crippen LogP contribution in [-0.4, -0.2) is 12.8 Å². The molecule has 0 unspecified atom stereocenters. The first-order valence-electron chi connectivity index (χ1n) is 9.46. The molecule has 3 heteroatoms. The number of allylic oxidation sites excluding steroid dienone is 1. The number of nitrogens with one attached hydrogen (secondary N) is 1. The van der Waals surface area contributed by atoms with Gasteiger partial charge in [-0.3, -0.25) is 0 Å². The molecule has 3 rings (SSSR count). The minimum absolute atomic E-state index is 0.168. The Balaban J connectivity index is 1.59. The third-order valence-electron chi connectivity index (χ3n) is 5.25. The number of rotatable bonds is 6. The average molecular weight is 370 g/mol. The van der Waals surface area contributed by atoms with Crippen LogP contribution in [0.1, 0.15) is 47.6 Å². The Morgan fingerprint density at radius 3 is 2.69 bits per heavy atom. The van der Waals surface area contributed by atoms with Crippen molar-refractivity contribution in [3.05, 3.63) is 69.4 Å². The number of benzene rings is 2. The van der Waals surface area contributed by atoms with Crippen LogP contribution in [0, 0.1) is 12.7 Å². The molecule has 0 bridgehead atoms. The van der Waals surface area contributed by atoms with Crippen LogP contribution in [0.3, 0.4) is 0 Å². The summed E-state index contributed by atoms with van der Waals surface area (Å²) < 4.78 is 13.9. The zero-order valence-electron chi connectivity index (χ0n) is 16.0. The molecule has 0 radical (unpaired) electrons. The molecular weight excluding hydrogens is 341 g/mol. The second-order valence-electron chi connectivity index (χ2n) is 7.12. The molecule has 2 aromatic rings. The van der Waals surface area contributed by atoms with Crippen molar-refractivity contribution >= 4 is 23.0 Å². The molecule has 0 saturated carbocycles. The molecule has 1 aliphatic rings. The maximum absolute atomic E-state index is 13.9. The predicted octanol–water partition coefficient (Wildman–Crippen LogP) is 6.39. The van der Waals surface area contributed by atoms with Gasteiger partial charge in [0.1, 0.15) is 5.82 Å². The summed E-state index contributed by atoms with van der Waals surface area (Å²) in [6.07, 6.45) is 5.97. The Labute approximate surface area is 161 Å². The van der Waals surface area contributed by atoms with Gasteiger partial charge in [0.15, 0.2) is 0 Å². The number of aryl methyl sites for hydroxylation is 4. The quantitative estimate of drug-likeness (QED) is 0.592. The van der Waals surface area contributed by atoms with E-state index in [-0.39, 0.29) is 5.82 Å². The van der Waals surface area contributed by atoms with E-state index < -0.39 is 0 Å². The first kappa shape index (κ1) is 19.0. The fourth-order valence-electron chi connectivity index (χ4n) is 3.58. The average Bonchev–Trinajstić information content (AvgIpc) is 2.66. The van der Waals surface area contributed by atoms with Crippen LogP contribution in [0.4, 0.5) is 10.1 Å². The van der Waals surface area contributed by atoms with Gasteiger partial charge in [-0.15, -0.1) is 11.8 Å². The fraction of sp³-hybridized carbons (Fsp3) is 0.391. The molecule has 0 saturated heterocycles. The molecule has 1 aliphatic carbocycles. The summed E-state index contributed by atoms with van der Waals surface area (Å²) >= 11 is 1.81. The molecular formula is C23H28FNS. The Morgan fingerprint density at radius 2 is 1.92 bits per heavy atom. The van der Waals surface area contributed by atoms with Gasteiger partial charge in [0.25, 0.3) is 0 Å². The van der Waals surface area contributed by atoms with E-state index in [1.54, 1.807) is 13.1 Å². The topological polar surface area (TPSA) is 12.0 Å². The predicted molar refractivity (Wildman–Crippen MR) is 114 cm³/mol. The summed E-state index contributed by atoms with van der Waals surface area (Å²) in [4.78, 5) is 0. The Kier molecular flexibility index (Phi) is 6.42. The normalized spacial score (nSPS) is 14.2. The summed E-state index contributed by atoms with van der Waals surface area (Å²) in [5, 5.41) is 5.14. The van der Waals surface area contributed by atoms with Gasteiger partial charge in [0, 0.05) is 12.8 Å². The van der Waals surface area contributed by atoms with Crippen LogP contribution in [0.15, 0.2) is 35.7 Å². The molecule has 138 valence electrons. The molecule has 1 N–H and O–H groups in total. The molecule has 2 aromatic carbocycles. The molecule has 0 amide bonds. The minimum Gasteiger partial charge on any atom is -0.386 e. The number of hydrogen-bond donors (Lipinski definition) is 1. The van der Waals surface area contributed by atoms with Crippen molar-refractivity contribution in [3.8, 4) is 0 Å². The summed E-state index contributed by atoms with van der Waals surface area (Å²) in [5.74, 6) is 0.792. The largest absolute Gasteiger partial charge is 0.386 e. The van der Waals surface area contributed by atoms with Crippen LogP contribution >= 0.6 is 11.8 Å². The lowest BCUT2D eigenvalue weighted by Crippen LogP contribution is -2.02. The van der Waals surface area contributed by atoms with Gasteiger partial charge in [-0.2, -0.15) is 0 Å². The molecule has 26 heavy (non-hydrogen) atoms. The van der Waals surface area contributed by atoms with E-state index in [0.717, 1.165) is 23.3 Å². The summed E-state index contributed by atoms with van der Waals surface area (Å²) in [7, 11) is 1.75. The summed E-state index contributed by atoms with van der Waals surface area (Å²) in [5.41, 5.74) is 8.52. The van der Waals surface area contributed by atoms with Crippen molar-refractivity contribution in [1.29, 1.82) is 0 Å². The van der Waals surface area contributed by atoms with Gasteiger partial charge in [-0.05, 0) is 96.9 Å². The van der Waals surface area contributed by atoms with Gasteiger partial charge in [0.2, 0.25) is 0 Å². The molecule has 1 nitrogen and oxygen atoms in total. The SMILES string of the molecule is CNc1cc(C)c(CCS/C=C(\C)c2ccc3c(c2)CCCC3)cc1F. The monoisotopic (exact) mass is 369 g/mol. The molecule has 0 heterocycles. The number of halogens is 1. The van der Waals surface area contributed by atoms with Crippen molar-refractivity contribution in [1.82, 2.24) is 0 Å². The van der Waals surface area contributed by atoms with E-state index in [1.165, 1.54) is 47.9 Å². The van der Waals surface area contributed by atoms with E-state index in [1.807, 2.05) is 17.8 Å². The second kappa shape index (κ2) is 8.77. The third kappa shape index (κ3) is 4.50. The molecule has 0 atom stereocenters. The van der Waals surface area contributed by atoms with Crippen molar-refractivity contribution in [3.63, 3.8) is 0 Å². The zero-order valence-corrected chi connectivity index (χ0v) is 16.8. The highest BCUT2D eigenvalue weighted by Crippen LogP contribution is 2.27. The van der Waals surface area contributed by atoms with Crippen molar-refractivity contribution in [2.75, 3.05) is 18.1 Å². The lowest BCUT2D eigenvalue weighted by atomic mass is 9.89. The summed E-state index contributed by atoms with van der Waals surface area (Å²) in [6.45, 7) is 4.23. The molecule has 0 aromatic heterocycles. The molecule has 0 aliphatic heterocycles. The van der Waals surface area contributed by atoms with Crippen molar-refractivity contribution in [2.24, 2.45) is 0 Å². The Hall–Kier alpha value is -1.74. The Bertz CT molecular complexity index is 810. The highest BCUT2D eigenvalue weighted by molar-refractivity contribution is 8.02. The van der Waals surface area contributed by atoms with Gasteiger partial charge >= 0.3 is 0 Å². The molecule has 0 fully saturated rings. The van der Waals surface area contributed by atoms with Crippen LogP contribution in [0.25, 0.3) is 5.57 Å². The first-order valence-corrected chi connectivity index (χ1v) is 10.5. The van der Waals surface area contributed by atoms with Gasteiger partial charge < -0.3 is 5.32 Å². The highest BCUT2D eigenvalue weighted by Gasteiger charge is 2.10. The van der Waals surface area contributed by atoms with Crippen molar-refractivity contribution < 1.29 is 4.39 Å². The summed E-state index contributed by atoms with van der Waals surface area (Å²) in [6, 6.07) is 10.5. The van der Waals surface area contributed by atoms with E-state index in [2.05, 4.69) is 42.8 Å². The maximum Gasteiger partial charge on any atom is 0.146 e. The number of thioether (sulfide) groups is 1. The van der Waals surface area contributed by atoms with Crippen LogP contribution in [-0.2, 0) is 19.3 Å². The first-order chi connectivity index (χ1) is 12.6. The van der Waals surface area contributed by atoms with E-state index in [0.29, 0.717) is 5.69 Å². The van der Waals surface area contributed by atoms with Gasteiger partial charge in [-0.25, -0.2) is 4.39 Å². The lowest BCUT2D eigenvalue weighted by Gasteiger charge is -2.16. The van der Waals surface area contributed by atoms with E-state index >= 15 is 0 Å². The van der Waals surface area contributed by atoms with Gasteiger partial charge in [-0.1, -0.05) is 18.2 Å². The number of fused-ring (bicyclic) bond motifs is 1. The second-order valence-corrected chi connectivity index (χ2v) is 8.10. The standard InChI is InChI=1S/C23H28FNS/c1-16-12-23(25-3)22(24)14-20(16)10-11-26-15-17(2)19-9-8-18-6-4-5-7-21(18)13-19/h8-9,12-15,25H,4-7,10-11H2,1-3H3/b17-15+. The van der Waals surface area contributed by atoms with E-state index in [9.17, 15) is 4.39 Å². The van der Waals surface area contributed by atoms with Gasteiger partial charge in [0.05, 0.1) is 5.69 Å². The van der Waals surface area contributed by atoms with E-state index in [4.69, 9.17) is 0 Å².